The Hall–Kier alpha value is -2.17. The minimum Gasteiger partial charge on any atom is -0.354 e. The van der Waals surface area contributed by atoms with Gasteiger partial charge in [-0.2, -0.15) is 0 Å². The molecule has 1 aliphatic rings. The number of nitrogens with zero attached hydrogens (tertiary/aromatic N) is 4. The number of halogens is 1. The highest BCUT2D eigenvalue weighted by atomic mass is 35.5. The van der Waals surface area contributed by atoms with Crippen LogP contribution in [0.4, 0.5) is 5.82 Å². The molecule has 0 aliphatic carbocycles. The molecule has 1 saturated heterocycles. The van der Waals surface area contributed by atoms with Gasteiger partial charge in [-0.25, -0.2) is 4.98 Å². The van der Waals surface area contributed by atoms with Crippen LogP contribution < -0.4 is 4.90 Å². The van der Waals surface area contributed by atoms with E-state index in [1.807, 2.05) is 36.5 Å². The second-order valence-corrected chi connectivity index (χ2v) is 6.53. The van der Waals surface area contributed by atoms with Crippen LogP contribution in [0.15, 0.2) is 54.7 Å². The van der Waals surface area contributed by atoms with Crippen LogP contribution in [0, 0.1) is 0 Å². The molecule has 5 heteroatoms. The van der Waals surface area contributed by atoms with Crippen molar-refractivity contribution in [3.63, 3.8) is 0 Å². The molecule has 0 unspecified atom stereocenters. The quantitative estimate of drug-likeness (QED) is 0.730. The predicted octanol–water partition coefficient (Wildman–Crippen LogP) is 3.61. The summed E-state index contributed by atoms with van der Waals surface area (Å²) in [5, 5.41) is 1.83. The van der Waals surface area contributed by atoms with Crippen molar-refractivity contribution in [2.24, 2.45) is 0 Å². The number of pyridine rings is 2. The molecule has 2 aromatic heterocycles. The number of benzene rings is 1. The first-order chi connectivity index (χ1) is 11.8. The monoisotopic (exact) mass is 338 g/mol. The molecule has 0 saturated carbocycles. The van der Waals surface area contributed by atoms with Gasteiger partial charge in [0.15, 0.2) is 0 Å². The minimum atomic E-state index is 0.750. The number of fused-ring (bicyclic) bond motifs is 1. The summed E-state index contributed by atoms with van der Waals surface area (Å²) in [6.07, 6.45) is 1.86. The van der Waals surface area contributed by atoms with Gasteiger partial charge < -0.3 is 4.90 Å². The van der Waals surface area contributed by atoms with E-state index in [-0.39, 0.29) is 0 Å². The number of hydrogen-bond donors (Lipinski definition) is 0. The molecule has 0 spiro atoms. The van der Waals surface area contributed by atoms with Crippen molar-refractivity contribution < 1.29 is 0 Å². The molecule has 3 aromatic rings. The van der Waals surface area contributed by atoms with Gasteiger partial charge in [0.25, 0.3) is 0 Å². The maximum atomic E-state index is 6.04. The van der Waals surface area contributed by atoms with Crippen molar-refractivity contribution >= 4 is 28.3 Å². The van der Waals surface area contributed by atoms with Crippen LogP contribution in [-0.2, 0) is 6.54 Å². The molecule has 1 aliphatic heterocycles. The minimum absolute atomic E-state index is 0.750. The lowest BCUT2D eigenvalue weighted by Gasteiger charge is -2.35. The van der Waals surface area contributed by atoms with E-state index in [0.29, 0.717) is 0 Å². The summed E-state index contributed by atoms with van der Waals surface area (Å²) in [7, 11) is 0. The molecule has 122 valence electrons. The van der Waals surface area contributed by atoms with E-state index in [4.69, 9.17) is 16.6 Å². The van der Waals surface area contributed by atoms with Crippen molar-refractivity contribution in [2.75, 3.05) is 31.1 Å². The number of aromatic nitrogens is 2. The molecule has 0 atom stereocenters. The lowest BCUT2D eigenvalue weighted by molar-refractivity contribution is 0.246. The lowest BCUT2D eigenvalue weighted by atomic mass is 10.2. The van der Waals surface area contributed by atoms with Crippen molar-refractivity contribution in [1.29, 1.82) is 0 Å². The highest BCUT2D eigenvalue weighted by Gasteiger charge is 2.18. The molecule has 24 heavy (non-hydrogen) atoms. The summed E-state index contributed by atoms with van der Waals surface area (Å²) in [5.41, 5.74) is 2.12. The summed E-state index contributed by atoms with van der Waals surface area (Å²) in [6, 6.07) is 16.1. The predicted molar refractivity (Wildman–Crippen MR) is 98.5 cm³/mol. The van der Waals surface area contributed by atoms with Gasteiger partial charge in [0.1, 0.15) is 5.82 Å². The molecular formula is C19H19ClN4. The van der Waals surface area contributed by atoms with E-state index in [1.165, 1.54) is 0 Å². The highest BCUT2D eigenvalue weighted by molar-refractivity contribution is 6.31. The Balaban J connectivity index is 1.43. The zero-order chi connectivity index (χ0) is 16.4. The fraction of sp³-hybridized carbons (Fsp3) is 0.263. The van der Waals surface area contributed by atoms with Gasteiger partial charge in [-0.3, -0.25) is 9.88 Å². The Morgan fingerprint density at radius 1 is 0.958 bits per heavy atom. The summed E-state index contributed by atoms with van der Waals surface area (Å²) in [5.74, 6) is 1.04. The smallest absolute Gasteiger partial charge is 0.129 e. The van der Waals surface area contributed by atoms with Crippen molar-refractivity contribution in [3.05, 3.63) is 65.4 Å². The Bertz CT molecular complexity index is 829. The molecular weight excluding hydrogens is 320 g/mol. The van der Waals surface area contributed by atoms with Gasteiger partial charge in [-0.05, 0) is 42.5 Å². The maximum Gasteiger partial charge on any atom is 0.129 e. The molecule has 0 radical (unpaired) electrons. The van der Waals surface area contributed by atoms with E-state index in [9.17, 15) is 0 Å². The summed E-state index contributed by atoms with van der Waals surface area (Å²) in [6.45, 7) is 4.93. The largest absolute Gasteiger partial charge is 0.354 e. The number of anilines is 1. The summed E-state index contributed by atoms with van der Waals surface area (Å²) in [4.78, 5) is 14.0. The maximum absolute atomic E-state index is 6.04. The molecule has 4 rings (SSSR count). The second kappa shape index (κ2) is 6.75. The third-order valence-corrected chi connectivity index (χ3v) is 4.68. The van der Waals surface area contributed by atoms with Gasteiger partial charge in [0.05, 0.1) is 11.2 Å². The van der Waals surface area contributed by atoms with Crippen LogP contribution in [0.5, 0.6) is 0 Å². The van der Waals surface area contributed by atoms with E-state index in [0.717, 1.165) is 60.2 Å². The number of rotatable bonds is 3. The van der Waals surface area contributed by atoms with Crippen LogP contribution in [0.25, 0.3) is 10.9 Å². The molecule has 0 amide bonds. The fourth-order valence-electron chi connectivity index (χ4n) is 3.12. The average molecular weight is 339 g/mol. The fourth-order valence-corrected chi connectivity index (χ4v) is 3.30. The van der Waals surface area contributed by atoms with Gasteiger partial charge in [0.2, 0.25) is 0 Å². The van der Waals surface area contributed by atoms with E-state index < -0.39 is 0 Å². The third kappa shape index (κ3) is 3.35. The molecule has 1 fully saturated rings. The van der Waals surface area contributed by atoms with Gasteiger partial charge in [-0.15, -0.1) is 0 Å². The highest BCUT2D eigenvalue weighted by Crippen LogP contribution is 2.22. The molecule has 3 heterocycles. The second-order valence-electron chi connectivity index (χ2n) is 6.09. The van der Waals surface area contributed by atoms with Crippen molar-refractivity contribution in [3.8, 4) is 0 Å². The van der Waals surface area contributed by atoms with Crippen LogP contribution in [-0.4, -0.2) is 41.0 Å². The van der Waals surface area contributed by atoms with Crippen LogP contribution in [0.3, 0.4) is 0 Å². The third-order valence-electron chi connectivity index (χ3n) is 4.44. The molecule has 1 aromatic carbocycles. The van der Waals surface area contributed by atoms with Crippen LogP contribution in [0.1, 0.15) is 5.69 Å². The first-order valence-electron chi connectivity index (χ1n) is 8.21. The molecule has 0 bridgehead atoms. The van der Waals surface area contributed by atoms with Gasteiger partial charge >= 0.3 is 0 Å². The number of piperazine rings is 1. The Morgan fingerprint density at radius 2 is 1.83 bits per heavy atom. The summed E-state index contributed by atoms with van der Waals surface area (Å²) >= 11 is 6.04. The molecule has 4 nitrogen and oxygen atoms in total. The van der Waals surface area contributed by atoms with Gasteiger partial charge in [-0.1, -0.05) is 17.7 Å². The van der Waals surface area contributed by atoms with Gasteiger partial charge in [0, 0.05) is 49.3 Å². The van der Waals surface area contributed by atoms with E-state index in [1.54, 1.807) is 0 Å². The standard InChI is InChI=1S/C19H19ClN4/c20-16-5-6-18-15(13-16)4-7-19(22-18)24-11-9-23(10-12-24)14-17-3-1-2-8-21-17/h1-8,13H,9-12,14H2. The lowest BCUT2D eigenvalue weighted by Crippen LogP contribution is -2.46. The first-order valence-corrected chi connectivity index (χ1v) is 8.59. The topological polar surface area (TPSA) is 32.3 Å². The normalized spacial score (nSPS) is 15.8. The average Bonchev–Trinajstić information content (AvgIpc) is 2.63. The summed E-state index contributed by atoms with van der Waals surface area (Å²) < 4.78 is 0. The SMILES string of the molecule is Clc1ccc2nc(N3CCN(Cc4ccccn4)CC3)ccc2c1. The Morgan fingerprint density at radius 3 is 2.62 bits per heavy atom. The molecule has 0 N–H and O–H groups in total. The zero-order valence-corrected chi connectivity index (χ0v) is 14.2. The van der Waals surface area contributed by atoms with Crippen LogP contribution in [0.2, 0.25) is 5.02 Å². The van der Waals surface area contributed by atoms with E-state index >= 15 is 0 Å². The van der Waals surface area contributed by atoms with E-state index in [2.05, 4.69) is 33.0 Å². The Kier molecular flexibility index (Phi) is 4.32. The first kappa shape index (κ1) is 15.4. The van der Waals surface area contributed by atoms with Crippen molar-refractivity contribution in [2.45, 2.75) is 6.54 Å². The van der Waals surface area contributed by atoms with Crippen LogP contribution >= 0.6 is 11.6 Å². The number of hydrogen-bond acceptors (Lipinski definition) is 4. The zero-order valence-electron chi connectivity index (χ0n) is 13.4. The Labute approximate surface area is 146 Å². The van der Waals surface area contributed by atoms with Crippen molar-refractivity contribution in [1.82, 2.24) is 14.9 Å².